The van der Waals surface area contributed by atoms with Gasteiger partial charge in [-0.3, -0.25) is 4.79 Å². The SMILES string of the molecule is COc1ccc(S(=O)(=O)/N=C2\C=C(Cl)C(=O)c3ccccc32)cc1. The van der Waals surface area contributed by atoms with E-state index in [9.17, 15) is 13.2 Å². The van der Waals surface area contributed by atoms with Crippen molar-refractivity contribution in [2.24, 2.45) is 4.40 Å². The van der Waals surface area contributed by atoms with E-state index in [0.29, 0.717) is 16.9 Å². The molecular formula is C17H12ClNO4S. The summed E-state index contributed by atoms with van der Waals surface area (Å²) in [6, 6.07) is 12.5. The lowest BCUT2D eigenvalue weighted by molar-refractivity contribution is 0.104. The molecule has 0 fully saturated rings. The maximum Gasteiger partial charge on any atom is 0.282 e. The molecule has 0 radical (unpaired) electrons. The minimum atomic E-state index is -3.95. The number of ketones is 1. The fourth-order valence-corrected chi connectivity index (χ4v) is 3.50. The summed E-state index contributed by atoms with van der Waals surface area (Å²) in [5.74, 6) is 0.186. The molecule has 0 unspecified atom stereocenters. The highest BCUT2D eigenvalue weighted by atomic mass is 35.5. The van der Waals surface area contributed by atoms with Gasteiger partial charge < -0.3 is 4.74 Å². The number of hydrogen-bond donors (Lipinski definition) is 0. The van der Waals surface area contributed by atoms with Crippen LogP contribution in [0, 0.1) is 0 Å². The van der Waals surface area contributed by atoms with Gasteiger partial charge in [0, 0.05) is 11.1 Å². The van der Waals surface area contributed by atoms with Crippen LogP contribution in [0.3, 0.4) is 0 Å². The average Bonchev–Trinajstić information content (AvgIpc) is 2.59. The molecule has 3 rings (SSSR count). The number of nitrogens with zero attached hydrogens (tertiary/aromatic N) is 1. The molecule has 0 saturated carbocycles. The molecule has 0 atom stereocenters. The maximum atomic E-state index is 12.5. The van der Waals surface area contributed by atoms with Crippen molar-refractivity contribution in [3.63, 3.8) is 0 Å². The van der Waals surface area contributed by atoms with Crippen molar-refractivity contribution in [1.29, 1.82) is 0 Å². The van der Waals surface area contributed by atoms with Crippen LogP contribution in [0.2, 0.25) is 0 Å². The first-order chi connectivity index (χ1) is 11.4. The second-order valence-electron chi connectivity index (χ2n) is 4.99. The van der Waals surface area contributed by atoms with Gasteiger partial charge in [-0.25, -0.2) is 0 Å². The number of ether oxygens (including phenoxy) is 1. The van der Waals surface area contributed by atoms with Crippen LogP contribution in [0.1, 0.15) is 15.9 Å². The molecule has 1 aliphatic carbocycles. The van der Waals surface area contributed by atoms with Gasteiger partial charge in [0.25, 0.3) is 10.0 Å². The highest BCUT2D eigenvalue weighted by molar-refractivity contribution is 7.90. The topological polar surface area (TPSA) is 72.8 Å². The molecule has 2 aromatic rings. The lowest BCUT2D eigenvalue weighted by Crippen LogP contribution is -2.16. The number of allylic oxidation sites excluding steroid dienone is 2. The Bertz CT molecular complexity index is 976. The summed E-state index contributed by atoms with van der Waals surface area (Å²) < 4.78 is 33.9. The van der Waals surface area contributed by atoms with Gasteiger partial charge in [0.15, 0.2) is 0 Å². The average molecular weight is 362 g/mol. The highest BCUT2D eigenvalue weighted by Gasteiger charge is 2.25. The summed E-state index contributed by atoms with van der Waals surface area (Å²) in [4.78, 5) is 12.1. The Kier molecular flexibility index (Phi) is 4.26. The number of sulfonamides is 1. The number of fused-ring (bicyclic) bond motifs is 1. The number of carbonyl (C=O) groups excluding carboxylic acids is 1. The van der Waals surface area contributed by atoms with E-state index in [1.54, 1.807) is 24.3 Å². The fraction of sp³-hybridized carbons (Fsp3) is 0.0588. The first-order valence-electron chi connectivity index (χ1n) is 6.93. The quantitative estimate of drug-likeness (QED) is 0.841. The van der Waals surface area contributed by atoms with Crippen LogP contribution in [0.15, 0.2) is 68.9 Å². The smallest absolute Gasteiger partial charge is 0.282 e. The highest BCUT2D eigenvalue weighted by Crippen LogP contribution is 2.25. The van der Waals surface area contributed by atoms with Crippen LogP contribution in [0.25, 0.3) is 0 Å². The number of methoxy groups -OCH3 is 1. The van der Waals surface area contributed by atoms with Crippen LogP contribution < -0.4 is 4.74 Å². The van der Waals surface area contributed by atoms with Gasteiger partial charge in [0.1, 0.15) is 5.75 Å². The standard InChI is InChI=1S/C17H12ClNO4S/c1-23-11-6-8-12(9-7-11)24(21,22)19-16-10-15(18)17(20)14-5-3-2-4-13(14)16/h2-10H,1H3/b19-16+. The van der Waals surface area contributed by atoms with Crippen molar-refractivity contribution in [3.05, 3.63) is 70.8 Å². The van der Waals surface area contributed by atoms with Crippen molar-refractivity contribution >= 4 is 33.1 Å². The zero-order chi connectivity index (χ0) is 17.3. The molecule has 0 bridgehead atoms. The minimum Gasteiger partial charge on any atom is -0.497 e. The molecule has 0 aliphatic heterocycles. The van der Waals surface area contributed by atoms with E-state index in [2.05, 4.69) is 4.40 Å². The monoisotopic (exact) mass is 361 g/mol. The summed E-state index contributed by atoms with van der Waals surface area (Å²) >= 11 is 5.92. The minimum absolute atomic E-state index is 0.0229. The third-order valence-corrected chi connectivity index (χ3v) is 5.09. The van der Waals surface area contributed by atoms with Crippen molar-refractivity contribution in [2.45, 2.75) is 4.90 Å². The predicted octanol–water partition coefficient (Wildman–Crippen LogP) is 3.19. The fourth-order valence-electron chi connectivity index (χ4n) is 2.30. The lowest BCUT2D eigenvalue weighted by Gasteiger charge is -2.14. The molecule has 24 heavy (non-hydrogen) atoms. The molecule has 0 heterocycles. The van der Waals surface area contributed by atoms with Crippen molar-refractivity contribution in [1.82, 2.24) is 0 Å². The Labute approximate surface area is 144 Å². The molecule has 0 spiro atoms. The Balaban J connectivity index is 2.10. The second-order valence-corrected chi connectivity index (χ2v) is 7.01. The van der Waals surface area contributed by atoms with Gasteiger partial charge >= 0.3 is 0 Å². The number of benzene rings is 2. The molecular weight excluding hydrogens is 350 g/mol. The summed E-state index contributed by atoms with van der Waals surface area (Å²) in [5, 5.41) is -0.0719. The summed E-state index contributed by atoms with van der Waals surface area (Å²) in [6.07, 6.45) is 1.27. The Morgan fingerprint density at radius 1 is 1.00 bits per heavy atom. The first-order valence-corrected chi connectivity index (χ1v) is 8.74. The summed E-state index contributed by atoms with van der Waals surface area (Å²) in [7, 11) is -2.46. The molecule has 1 aliphatic rings. The normalized spacial score (nSPS) is 15.8. The van der Waals surface area contributed by atoms with Gasteiger partial charge in [0.2, 0.25) is 5.78 Å². The van der Waals surface area contributed by atoms with Crippen LogP contribution in [0.5, 0.6) is 5.75 Å². The third kappa shape index (κ3) is 2.98. The maximum absolute atomic E-state index is 12.5. The molecule has 122 valence electrons. The van der Waals surface area contributed by atoms with Crippen molar-refractivity contribution < 1.29 is 17.9 Å². The van der Waals surface area contributed by atoms with E-state index in [1.807, 2.05) is 0 Å². The molecule has 0 amide bonds. The molecule has 2 aromatic carbocycles. The van der Waals surface area contributed by atoms with Gasteiger partial charge in [-0.05, 0) is 30.3 Å². The Hall–Kier alpha value is -2.44. The molecule has 0 N–H and O–H groups in total. The van der Waals surface area contributed by atoms with Gasteiger partial charge in [-0.1, -0.05) is 35.9 Å². The first kappa shape index (κ1) is 16.4. The number of rotatable bonds is 3. The van der Waals surface area contributed by atoms with E-state index < -0.39 is 10.0 Å². The van der Waals surface area contributed by atoms with Crippen LogP contribution in [-0.4, -0.2) is 27.0 Å². The van der Waals surface area contributed by atoms with Gasteiger partial charge in [-0.15, -0.1) is 0 Å². The van der Waals surface area contributed by atoms with E-state index in [0.717, 1.165) is 0 Å². The van der Waals surface area contributed by atoms with Gasteiger partial charge in [-0.2, -0.15) is 12.8 Å². The second kappa shape index (κ2) is 6.22. The molecule has 5 nitrogen and oxygen atoms in total. The summed E-state index contributed by atoms with van der Waals surface area (Å²) in [6.45, 7) is 0. The van der Waals surface area contributed by atoms with Crippen LogP contribution >= 0.6 is 11.6 Å². The molecule has 0 saturated heterocycles. The summed E-state index contributed by atoms with van der Waals surface area (Å²) in [5.41, 5.74) is 0.892. The van der Waals surface area contributed by atoms with Crippen molar-refractivity contribution in [3.8, 4) is 5.75 Å². The van der Waals surface area contributed by atoms with Gasteiger partial charge in [0.05, 0.1) is 22.7 Å². The third-order valence-electron chi connectivity index (χ3n) is 3.50. The molecule has 0 aromatic heterocycles. The van der Waals surface area contributed by atoms with Crippen molar-refractivity contribution in [2.75, 3.05) is 7.11 Å². The number of carbonyl (C=O) groups is 1. The van der Waals surface area contributed by atoms with E-state index >= 15 is 0 Å². The van der Waals surface area contributed by atoms with E-state index in [1.165, 1.54) is 37.5 Å². The largest absolute Gasteiger partial charge is 0.497 e. The lowest BCUT2D eigenvalue weighted by atomic mass is 9.94. The zero-order valence-electron chi connectivity index (χ0n) is 12.6. The number of halogens is 1. The molecule has 7 heteroatoms. The number of Topliss-reactive ketones (excluding diaryl/α,β-unsaturated/α-hetero) is 1. The number of hydrogen-bond acceptors (Lipinski definition) is 4. The predicted molar refractivity (Wildman–Crippen MR) is 91.4 cm³/mol. The van der Waals surface area contributed by atoms with Crippen LogP contribution in [0.4, 0.5) is 0 Å². The van der Waals surface area contributed by atoms with Crippen LogP contribution in [-0.2, 0) is 10.0 Å². The Morgan fingerprint density at radius 2 is 1.62 bits per heavy atom. The Morgan fingerprint density at radius 3 is 2.25 bits per heavy atom. The zero-order valence-corrected chi connectivity index (χ0v) is 14.1. The van der Waals surface area contributed by atoms with E-state index in [-0.39, 0.29) is 21.4 Å². The van der Waals surface area contributed by atoms with E-state index in [4.69, 9.17) is 16.3 Å².